The normalized spacial score (nSPS) is 24.2. The fraction of sp³-hybridized carbons (Fsp3) is 0.923. The van der Waals surface area contributed by atoms with Crippen LogP contribution in [0.25, 0.3) is 0 Å². The lowest BCUT2D eigenvalue weighted by Crippen LogP contribution is -2.48. The zero-order valence-electron chi connectivity index (χ0n) is 11.0. The third kappa shape index (κ3) is 4.55. The van der Waals surface area contributed by atoms with Crippen LogP contribution in [0.4, 0.5) is 0 Å². The molecule has 0 spiro atoms. The van der Waals surface area contributed by atoms with Gasteiger partial charge in [-0.25, -0.2) is 0 Å². The summed E-state index contributed by atoms with van der Waals surface area (Å²) in [5, 5.41) is 8.66. The van der Waals surface area contributed by atoms with Crippen LogP contribution < -0.4 is 0 Å². The van der Waals surface area contributed by atoms with Gasteiger partial charge < -0.3 is 19.6 Å². The maximum absolute atomic E-state index is 10.5. The van der Waals surface area contributed by atoms with Gasteiger partial charge in [0.1, 0.15) is 0 Å². The van der Waals surface area contributed by atoms with Crippen molar-refractivity contribution in [2.24, 2.45) is 5.92 Å². The van der Waals surface area contributed by atoms with Crippen molar-refractivity contribution in [2.45, 2.75) is 19.3 Å². The molecular formula is C13H24N2O3. The Labute approximate surface area is 109 Å². The fourth-order valence-corrected chi connectivity index (χ4v) is 2.74. The molecule has 1 N–H and O–H groups in total. The highest BCUT2D eigenvalue weighted by atomic mass is 16.5. The summed E-state index contributed by atoms with van der Waals surface area (Å²) in [6, 6.07) is 0. The molecule has 0 atom stereocenters. The van der Waals surface area contributed by atoms with Gasteiger partial charge in [-0.2, -0.15) is 0 Å². The molecule has 0 unspecified atom stereocenters. The topological polar surface area (TPSA) is 53.0 Å². The lowest BCUT2D eigenvalue weighted by molar-refractivity contribution is -0.137. The van der Waals surface area contributed by atoms with Crippen molar-refractivity contribution < 1.29 is 14.6 Å². The Morgan fingerprint density at radius 3 is 2.33 bits per heavy atom. The maximum Gasteiger partial charge on any atom is 0.304 e. The van der Waals surface area contributed by atoms with Gasteiger partial charge in [-0.1, -0.05) is 0 Å². The van der Waals surface area contributed by atoms with Crippen LogP contribution in [0.2, 0.25) is 0 Å². The van der Waals surface area contributed by atoms with Gasteiger partial charge in [-0.3, -0.25) is 4.79 Å². The number of hydrogen-bond donors (Lipinski definition) is 1. The second-order valence-corrected chi connectivity index (χ2v) is 5.34. The van der Waals surface area contributed by atoms with Crippen LogP contribution in [0, 0.1) is 5.92 Å². The molecule has 0 radical (unpaired) electrons. The van der Waals surface area contributed by atoms with Crippen molar-refractivity contribution in [3.05, 3.63) is 0 Å². The Bertz CT molecular complexity index is 259. The van der Waals surface area contributed by atoms with E-state index in [2.05, 4.69) is 9.80 Å². The van der Waals surface area contributed by atoms with Gasteiger partial charge in [-0.05, 0) is 18.8 Å². The van der Waals surface area contributed by atoms with E-state index in [0.717, 1.165) is 45.3 Å². The second kappa shape index (κ2) is 7.07. The number of rotatable bonds is 5. The quantitative estimate of drug-likeness (QED) is 0.776. The minimum atomic E-state index is -0.695. The molecular weight excluding hydrogens is 232 g/mol. The van der Waals surface area contributed by atoms with E-state index in [0.29, 0.717) is 6.54 Å². The Morgan fingerprint density at radius 1 is 1.11 bits per heavy atom. The van der Waals surface area contributed by atoms with Crippen molar-refractivity contribution in [1.82, 2.24) is 9.80 Å². The molecule has 0 aromatic rings. The molecule has 2 heterocycles. The molecule has 2 aliphatic rings. The maximum atomic E-state index is 10.5. The first-order valence-electron chi connectivity index (χ1n) is 6.98. The van der Waals surface area contributed by atoms with E-state index in [1.54, 1.807) is 0 Å². The van der Waals surface area contributed by atoms with Crippen LogP contribution >= 0.6 is 0 Å². The van der Waals surface area contributed by atoms with Crippen LogP contribution in [-0.2, 0) is 9.53 Å². The Hall–Kier alpha value is -0.650. The van der Waals surface area contributed by atoms with E-state index >= 15 is 0 Å². The summed E-state index contributed by atoms with van der Waals surface area (Å²) in [7, 11) is 0. The largest absolute Gasteiger partial charge is 0.481 e. The molecule has 0 bridgehead atoms. The minimum absolute atomic E-state index is 0.264. The minimum Gasteiger partial charge on any atom is -0.481 e. The Kier molecular flexibility index (Phi) is 5.41. The van der Waals surface area contributed by atoms with Crippen LogP contribution in [0.3, 0.4) is 0 Å². The lowest BCUT2D eigenvalue weighted by Gasteiger charge is -2.37. The highest BCUT2D eigenvalue weighted by molar-refractivity contribution is 5.66. The molecule has 5 nitrogen and oxygen atoms in total. The van der Waals surface area contributed by atoms with Crippen molar-refractivity contribution in [2.75, 3.05) is 52.5 Å². The number of piperazine rings is 1. The van der Waals surface area contributed by atoms with Crippen molar-refractivity contribution >= 4 is 5.97 Å². The van der Waals surface area contributed by atoms with Crippen LogP contribution in [0.5, 0.6) is 0 Å². The van der Waals surface area contributed by atoms with Crippen LogP contribution in [-0.4, -0.2) is 73.4 Å². The van der Waals surface area contributed by atoms with Crippen molar-refractivity contribution in [3.8, 4) is 0 Å². The molecule has 0 aromatic heterocycles. The molecule has 5 heteroatoms. The summed E-state index contributed by atoms with van der Waals surface area (Å²) in [5.41, 5.74) is 0. The average Bonchev–Trinajstić information content (AvgIpc) is 2.39. The number of ether oxygens (including phenoxy) is 1. The molecule has 0 saturated carbocycles. The third-order valence-corrected chi connectivity index (χ3v) is 3.96. The number of carboxylic acids is 1. The number of carbonyl (C=O) groups is 1. The summed E-state index contributed by atoms with van der Waals surface area (Å²) < 4.78 is 5.38. The van der Waals surface area contributed by atoms with Gasteiger partial charge in [0.15, 0.2) is 0 Å². The molecule has 2 saturated heterocycles. The number of nitrogens with zero attached hydrogens (tertiary/aromatic N) is 2. The highest BCUT2D eigenvalue weighted by Gasteiger charge is 2.21. The molecule has 0 aromatic carbocycles. The molecule has 2 fully saturated rings. The summed E-state index contributed by atoms with van der Waals surface area (Å²) in [4.78, 5) is 15.3. The van der Waals surface area contributed by atoms with Crippen LogP contribution in [0.1, 0.15) is 19.3 Å². The molecule has 2 rings (SSSR count). The van der Waals surface area contributed by atoms with Gasteiger partial charge >= 0.3 is 5.97 Å². The first-order valence-corrected chi connectivity index (χ1v) is 6.98. The van der Waals surface area contributed by atoms with E-state index in [1.165, 1.54) is 19.4 Å². The van der Waals surface area contributed by atoms with Gasteiger partial charge in [0.25, 0.3) is 0 Å². The van der Waals surface area contributed by atoms with Crippen molar-refractivity contribution in [3.63, 3.8) is 0 Å². The summed E-state index contributed by atoms with van der Waals surface area (Å²) in [6.45, 7) is 7.91. The van der Waals surface area contributed by atoms with E-state index in [1.807, 2.05) is 0 Å². The lowest BCUT2D eigenvalue weighted by atomic mass is 9.99. The summed E-state index contributed by atoms with van der Waals surface area (Å²) in [5.74, 6) is 0.101. The first kappa shape index (κ1) is 13.8. The monoisotopic (exact) mass is 256 g/mol. The molecule has 0 amide bonds. The van der Waals surface area contributed by atoms with E-state index < -0.39 is 5.97 Å². The van der Waals surface area contributed by atoms with E-state index in [9.17, 15) is 4.79 Å². The molecule has 2 aliphatic heterocycles. The Balaban J connectivity index is 1.62. The van der Waals surface area contributed by atoms with E-state index in [4.69, 9.17) is 9.84 Å². The third-order valence-electron chi connectivity index (χ3n) is 3.96. The summed E-state index contributed by atoms with van der Waals surface area (Å²) >= 11 is 0. The second-order valence-electron chi connectivity index (χ2n) is 5.34. The Morgan fingerprint density at radius 2 is 1.72 bits per heavy atom. The zero-order chi connectivity index (χ0) is 12.8. The van der Waals surface area contributed by atoms with Crippen molar-refractivity contribution in [1.29, 1.82) is 0 Å². The van der Waals surface area contributed by atoms with E-state index in [-0.39, 0.29) is 6.42 Å². The average molecular weight is 256 g/mol. The smallest absolute Gasteiger partial charge is 0.304 e. The zero-order valence-corrected chi connectivity index (χ0v) is 11.0. The highest BCUT2D eigenvalue weighted by Crippen LogP contribution is 2.17. The predicted octanol–water partition coefficient (Wildman–Crippen LogP) is 0.505. The number of carboxylic acid groups (broad SMARTS) is 1. The van der Waals surface area contributed by atoms with Gasteiger partial charge in [0, 0.05) is 52.5 Å². The van der Waals surface area contributed by atoms with Crippen LogP contribution in [0.15, 0.2) is 0 Å². The molecule has 18 heavy (non-hydrogen) atoms. The predicted molar refractivity (Wildman–Crippen MR) is 68.7 cm³/mol. The van der Waals surface area contributed by atoms with Gasteiger partial charge in [0.05, 0.1) is 6.42 Å². The first-order chi connectivity index (χ1) is 8.74. The molecule has 104 valence electrons. The number of hydrogen-bond acceptors (Lipinski definition) is 4. The van der Waals surface area contributed by atoms with Gasteiger partial charge in [-0.15, -0.1) is 0 Å². The standard InChI is InChI=1S/C13H24N2O3/c16-13(17)1-4-14-5-7-15(8-6-14)11-12-2-9-18-10-3-12/h12H,1-11H2,(H,16,17). The molecule has 0 aliphatic carbocycles. The SMILES string of the molecule is O=C(O)CCN1CCN(CC2CCOCC2)CC1. The number of aliphatic carboxylic acids is 1. The van der Waals surface area contributed by atoms with Gasteiger partial charge in [0.2, 0.25) is 0 Å². The summed E-state index contributed by atoms with van der Waals surface area (Å²) in [6.07, 6.45) is 2.65. The fourth-order valence-electron chi connectivity index (χ4n) is 2.74.